The Morgan fingerprint density at radius 3 is 2.41 bits per heavy atom. The number of nitro benzene ring substituents is 1. The smallest absolute Gasteiger partial charge is 0.341 e. The van der Waals surface area contributed by atoms with Crippen LogP contribution < -0.4 is 0 Å². The van der Waals surface area contributed by atoms with Crippen LogP contribution in [0.1, 0.15) is 21.6 Å². The van der Waals surface area contributed by atoms with Crippen LogP contribution in [0.3, 0.4) is 0 Å². The largest absolute Gasteiger partial charge is 0.465 e. The van der Waals surface area contributed by atoms with Crippen LogP contribution in [0, 0.1) is 24.0 Å². The van der Waals surface area contributed by atoms with E-state index >= 15 is 0 Å². The summed E-state index contributed by atoms with van der Waals surface area (Å²) >= 11 is 0. The highest BCUT2D eigenvalue weighted by Crippen LogP contribution is 2.32. The minimum Gasteiger partial charge on any atom is -0.465 e. The molecule has 136 valence electrons. The first-order valence-corrected chi connectivity index (χ1v) is 8.20. The molecule has 0 aliphatic rings. The molecule has 0 amide bonds. The fraction of sp³-hybridized carbons (Fsp3) is 0.150. The summed E-state index contributed by atoms with van der Waals surface area (Å²) in [6.07, 6.45) is 0. The van der Waals surface area contributed by atoms with Gasteiger partial charge in [-0.25, -0.2) is 14.8 Å². The molecule has 3 aromatic rings. The van der Waals surface area contributed by atoms with Crippen molar-refractivity contribution in [3.8, 4) is 22.6 Å². The molecule has 0 atom stereocenters. The first kappa shape index (κ1) is 18.2. The standard InChI is InChI=1S/C20H17N3O4/c1-12-9-10-15(23(25)26)11-16(12)18-17(20(24)27-3)13(2)21-19(22-18)14-7-5-4-6-8-14/h4-11H,1-3H3. The third-order valence-corrected chi connectivity index (χ3v) is 4.20. The van der Waals surface area contributed by atoms with Gasteiger partial charge in [0.25, 0.3) is 5.69 Å². The lowest BCUT2D eigenvalue weighted by Gasteiger charge is -2.14. The molecule has 0 saturated heterocycles. The van der Waals surface area contributed by atoms with E-state index in [1.807, 2.05) is 30.3 Å². The van der Waals surface area contributed by atoms with Crippen molar-refractivity contribution < 1.29 is 14.5 Å². The van der Waals surface area contributed by atoms with Crippen LogP contribution in [0.25, 0.3) is 22.6 Å². The zero-order valence-corrected chi connectivity index (χ0v) is 15.1. The lowest BCUT2D eigenvalue weighted by molar-refractivity contribution is -0.384. The summed E-state index contributed by atoms with van der Waals surface area (Å²) < 4.78 is 4.89. The molecule has 0 saturated carbocycles. The molecule has 0 radical (unpaired) electrons. The topological polar surface area (TPSA) is 95.2 Å². The molecule has 0 aliphatic carbocycles. The molecule has 0 aliphatic heterocycles. The number of aromatic nitrogens is 2. The normalized spacial score (nSPS) is 10.5. The van der Waals surface area contributed by atoms with E-state index in [0.717, 1.165) is 11.1 Å². The van der Waals surface area contributed by atoms with E-state index < -0.39 is 10.9 Å². The second-order valence-corrected chi connectivity index (χ2v) is 5.97. The Morgan fingerprint density at radius 2 is 1.78 bits per heavy atom. The van der Waals surface area contributed by atoms with E-state index in [4.69, 9.17) is 4.74 Å². The Kier molecular flexibility index (Phi) is 4.94. The van der Waals surface area contributed by atoms with E-state index in [1.165, 1.54) is 19.2 Å². The third-order valence-electron chi connectivity index (χ3n) is 4.20. The molecule has 0 bridgehead atoms. The lowest BCUT2D eigenvalue weighted by Crippen LogP contribution is -2.11. The predicted molar refractivity (Wildman–Crippen MR) is 100 cm³/mol. The van der Waals surface area contributed by atoms with Crippen LogP contribution in [-0.4, -0.2) is 28.0 Å². The van der Waals surface area contributed by atoms with Gasteiger partial charge in [-0.05, 0) is 19.4 Å². The van der Waals surface area contributed by atoms with Crippen molar-refractivity contribution in [2.75, 3.05) is 7.11 Å². The molecule has 0 spiro atoms. The van der Waals surface area contributed by atoms with Gasteiger partial charge in [0.15, 0.2) is 5.82 Å². The van der Waals surface area contributed by atoms with Gasteiger partial charge >= 0.3 is 5.97 Å². The zero-order chi connectivity index (χ0) is 19.6. The van der Waals surface area contributed by atoms with Crippen molar-refractivity contribution in [3.63, 3.8) is 0 Å². The number of carbonyl (C=O) groups excluding carboxylic acids is 1. The van der Waals surface area contributed by atoms with Crippen molar-refractivity contribution in [2.45, 2.75) is 13.8 Å². The molecule has 7 nitrogen and oxygen atoms in total. The molecule has 1 aromatic heterocycles. The Labute approximate surface area is 155 Å². The monoisotopic (exact) mass is 363 g/mol. The fourth-order valence-corrected chi connectivity index (χ4v) is 2.81. The van der Waals surface area contributed by atoms with Crippen molar-refractivity contribution in [3.05, 3.63) is 75.5 Å². The molecule has 0 N–H and O–H groups in total. The number of esters is 1. The Hall–Kier alpha value is -3.61. The predicted octanol–water partition coefficient (Wildman–Crippen LogP) is 4.12. The van der Waals surface area contributed by atoms with Crippen molar-refractivity contribution >= 4 is 11.7 Å². The maximum absolute atomic E-state index is 12.4. The van der Waals surface area contributed by atoms with Gasteiger partial charge in [0, 0.05) is 23.3 Å². The van der Waals surface area contributed by atoms with Gasteiger partial charge in [-0.15, -0.1) is 0 Å². The maximum atomic E-state index is 12.4. The average molecular weight is 363 g/mol. The maximum Gasteiger partial charge on any atom is 0.341 e. The van der Waals surface area contributed by atoms with E-state index in [-0.39, 0.29) is 11.3 Å². The van der Waals surface area contributed by atoms with E-state index in [1.54, 1.807) is 19.9 Å². The first-order chi connectivity index (χ1) is 12.9. The van der Waals surface area contributed by atoms with Gasteiger partial charge in [0.05, 0.1) is 23.4 Å². The summed E-state index contributed by atoms with van der Waals surface area (Å²) in [5.41, 5.74) is 2.90. The molecule has 27 heavy (non-hydrogen) atoms. The number of ether oxygens (including phenoxy) is 1. The van der Waals surface area contributed by atoms with Crippen molar-refractivity contribution in [1.29, 1.82) is 0 Å². The number of aryl methyl sites for hydroxylation is 2. The minimum atomic E-state index is -0.590. The molecule has 2 aromatic carbocycles. The number of benzene rings is 2. The average Bonchev–Trinajstić information content (AvgIpc) is 2.67. The molecular formula is C20H17N3O4. The molecule has 1 heterocycles. The van der Waals surface area contributed by atoms with Crippen molar-refractivity contribution in [2.24, 2.45) is 0 Å². The highest BCUT2D eigenvalue weighted by molar-refractivity contribution is 5.98. The van der Waals surface area contributed by atoms with E-state index in [2.05, 4.69) is 9.97 Å². The number of nitrogens with zero attached hydrogens (tertiary/aromatic N) is 3. The molecule has 0 unspecified atom stereocenters. The highest BCUT2D eigenvalue weighted by Gasteiger charge is 2.23. The van der Waals surface area contributed by atoms with Crippen LogP contribution in [0.4, 0.5) is 5.69 Å². The van der Waals surface area contributed by atoms with Gasteiger partial charge < -0.3 is 4.74 Å². The summed E-state index contributed by atoms with van der Waals surface area (Å²) in [7, 11) is 1.27. The van der Waals surface area contributed by atoms with Gasteiger partial charge in [0.1, 0.15) is 5.56 Å². The molecule has 7 heteroatoms. The summed E-state index contributed by atoms with van der Waals surface area (Å²) in [6, 6.07) is 13.8. The van der Waals surface area contributed by atoms with Crippen LogP contribution in [-0.2, 0) is 4.74 Å². The number of methoxy groups -OCH3 is 1. The SMILES string of the molecule is COC(=O)c1c(C)nc(-c2ccccc2)nc1-c1cc([N+](=O)[O-])ccc1C. The summed E-state index contributed by atoms with van der Waals surface area (Å²) in [5.74, 6) is -0.158. The summed E-state index contributed by atoms with van der Waals surface area (Å²) in [6.45, 7) is 3.50. The fourth-order valence-electron chi connectivity index (χ4n) is 2.81. The van der Waals surface area contributed by atoms with Gasteiger partial charge in [-0.2, -0.15) is 0 Å². The number of carbonyl (C=O) groups is 1. The van der Waals surface area contributed by atoms with Crippen LogP contribution in [0.2, 0.25) is 0 Å². The van der Waals surface area contributed by atoms with Crippen LogP contribution >= 0.6 is 0 Å². The van der Waals surface area contributed by atoms with Gasteiger partial charge in [-0.3, -0.25) is 10.1 Å². The number of non-ortho nitro benzene ring substituents is 1. The lowest BCUT2D eigenvalue weighted by atomic mass is 9.99. The molecular weight excluding hydrogens is 346 g/mol. The summed E-state index contributed by atoms with van der Waals surface area (Å²) in [5, 5.41) is 11.2. The second kappa shape index (κ2) is 7.33. The van der Waals surface area contributed by atoms with E-state index in [9.17, 15) is 14.9 Å². The summed E-state index contributed by atoms with van der Waals surface area (Å²) in [4.78, 5) is 32.1. The van der Waals surface area contributed by atoms with Crippen LogP contribution in [0.5, 0.6) is 0 Å². The van der Waals surface area contributed by atoms with Gasteiger partial charge in [-0.1, -0.05) is 36.4 Å². The molecule has 3 rings (SSSR count). The van der Waals surface area contributed by atoms with Gasteiger partial charge in [0.2, 0.25) is 0 Å². The zero-order valence-electron chi connectivity index (χ0n) is 15.1. The Bertz CT molecular complexity index is 1030. The molecule has 0 fully saturated rings. The number of nitro groups is 1. The number of rotatable bonds is 4. The Morgan fingerprint density at radius 1 is 1.07 bits per heavy atom. The van der Waals surface area contributed by atoms with Crippen LogP contribution in [0.15, 0.2) is 48.5 Å². The van der Waals surface area contributed by atoms with E-state index in [0.29, 0.717) is 22.8 Å². The quantitative estimate of drug-likeness (QED) is 0.393. The second-order valence-electron chi connectivity index (χ2n) is 5.97. The van der Waals surface area contributed by atoms with Crippen molar-refractivity contribution in [1.82, 2.24) is 9.97 Å². The third kappa shape index (κ3) is 3.52. The Balaban J connectivity index is 2.33. The number of hydrogen-bond acceptors (Lipinski definition) is 6. The first-order valence-electron chi connectivity index (χ1n) is 8.20. The number of hydrogen-bond donors (Lipinski definition) is 0. The highest BCUT2D eigenvalue weighted by atomic mass is 16.6. The minimum absolute atomic E-state index is 0.0797.